The molecule has 28 heavy (non-hydrogen) atoms. The number of aliphatic imine (C=N–C) groups is 1. The molecule has 5 heteroatoms. The Balaban J connectivity index is 1.42. The first kappa shape index (κ1) is 18.3. The molecule has 1 aliphatic rings. The summed E-state index contributed by atoms with van der Waals surface area (Å²) in [6, 6.07) is 14.8. The second-order valence-corrected chi connectivity index (χ2v) is 6.99. The first-order valence-electron chi connectivity index (χ1n) is 10.0. The topological polar surface area (TPSA) is 56.3 Å². The number of pyridine rings is 1. The highest BCUT2D eigenvalue weighted by molar-refractivity contribution is 5.82. The van der Waals surface area contributed by atoms with E-state index in [0.717, 1.165) is 50.6 Å². The average molecular weight is 374 g/mol. The van der Waals surface area contributed by atoms with Gasteiger partial charge in [0.1, 0.15) is 5.65 Å². The third kappa shape index (κ3) is 4.09. The van der Waals surface area contributed by atoms with Crippen LogP contribution in [0.25, 0.3) is 16.6 Å². The van der Waals surface area contributed by atoms with Crippen LogP contribution in [0.4, 0.5) is 0 Å². The second-order valence-electron chi connectivity index (χ2n) is 6.99. The van der Waals surface area contributed by atoms with E-state index >= 15 is 0 Å². The van der Waals surface area contributed by atoms with Crippen LogP contribution in [-0.4, -0.2) is 47.0 Å². The molecule has 1 aromatic carbocycles. The number of benzene rings is 1. The molecule has 0 spiro atoms. The van der Waals surface area contributed by atoms with Crippen LogP contribution < -0.4 is 5.32 Å². The third-order valence-electron chi connectivity index (χ3n) is 5.17. The minimum atomic E-state index is 0.760. The molecule has 0 amide bonds. The van der Waals surface area contributed by atoms with E-state index in [1.54, 1.807) is 0 Å². The largest absolute Gasteiger partial charge is 0.357 e. The van der Waals surface area contributed by atoms with Gasteiger partial charge in [-0.2, -0.15) is 0 Å². The number of fused-ring (bicyclic) bond motifs is 1. The Morgan fingerprint density at radius 2 is 2.11 bits per heavy atom. The minimum Gasteiger partial charge on any atom is -0.357 e. The summed E-state index contributed by atoms with van der Waals surface area (Å²) in [5.41, 5.74) is 4.98. The van der Waals surface area contributed by atoms with E-state index in [0.29, 0.717) is 0 Å². The zero-order chi connectivity index (χ0) is 19.2. The fourth-order valence-electron chi connectivity index (χ4n) is 3.70. The third-order valence-corrected chi connectivity index (χ3v) is 5.17. The van der Waals surface area contributed by atoms with Gasteiger partial charge in [0.05, 0.1) is 0 Å². The predicted octanol–water partition coefficient (Wildman–Crippen LogP) is 3.86. The van der Waals surface area contributed by atoms with Crippen LogP contribution >= 0.6 is 0 Å². The molecule has 4 rings (SSSR count). The molecule has 0 radical (unpaired) electrons. The summed E-state index contributed by atoms with van der Waals surface area (Å²) < 4.78 is 0. The number of aromatic nitrogens is 2. The quantitative estimate of drug-likeness (QED) is 0.527. The van der Waals surface area contributed by atoms with Gasteiger partial charge in [-0.3, -0.25) is 4.99 Å². The van der Waals surface area contributed by atoms with Crippen LogP contribution in [0.2, 0.25) is 0 Å². The smallest absolute Gasteiger partial charge is 0.194 e. The van der Waals surface area contributed by atoms with Gasteiger partial charge in [-0.15, -0.1) is 0 Å². The lowest BCUT2D eigenvalue weighted by atomic mass is 10.00. The van der Waals surface area contributed by atoms with Crippen LogP contribution in [-0.2, 0) is 6.42 Å². The number of nitrogens with one attached hydrogen (secondary N) is 2. The van der Waals surface area contributed by atoms with E-state index in [1.807, 2.05) is 12.3 Å². The standard InChI is InChI=1S/C23H27N5/c1-2-24-23(26-14-10-20-17-27-22-21(20)9-6-13-25-22)28-15-11-19(12-16-28)18-7-4-3-5-8-18/h3-9,11,13,17H,2,10,12,14-16H2,1H3,(H,24,26)(H,25,27). The van der Waals surface area contributed by atoms with E-state index in [4.69, 9.17) is 4.99 Å². The predicted molar refractivity (Wildman–Crippen MR) is 116 cm³/mol. The number of guanidine groups is 1. The maximum absolute atomic E-state index is 4.88. The monoisotopic (exact) mass is 373 g/mol. The number of hydrogen-bond acceptors (Lipinski definition) is 2. The zero-order valence-corrected chi connectivity index (χ0v) is 16.4. The first-order chi connectivity index (χ1) is 13.8. The lowest BCUT2D eigenvalue weighted by Gasteiger charge is -2.30. The van der Waals surface area contributed by atoms with Crippen molar-refractivity contribution in [2.75, 3.05) is 26.2 Å². The molecule has 1 aliphatic heterocycles. The fourth-order valence-corrected chi connectivity index (χ4v) is 3.70. The fraction of sp³-hybridized carbons (Fsp3) is 0.304. The average Bonchev–Trinajstić information content (AvgIpc) is 3.17. The van der Waals surface area contributed by atoms with E-state index in [1.165, 1.54) is 22.1 Å². The Hall–Kier alpha value is -3.08. The van der Waals surface area contributed by atoms with Crippen molar-refractivity contribution in [3.63, 3.8) is 0 Å². The van der Waals surface area contributed by atoms with Crippen LogP contribution in [0.15, 0.2) is 65.9 Å². The Labute approximate surface area is 166 Å². The molecule has 0 aliphatic carbocycles. The van der Waals surface area contributed by atoms with Crippen molar-refractivity contribution < 1.29 is 0 Å². The van der Waals surface area contributed by atoms with Crippen molar-refractivity contribution in [1.29, 1.82) is 0 Å². The maximum Gasteiger partial charge on any atom is 0.194 e. The molecule has 2 aromatic heterocycles. The van der Waals surface area contributed by atoms with Gasteiger partial charge in [-0.05, 0) is 48.6 Å². The lowest BCUT2D eigenvalue weighted by molar-refractivity contribution is 0.440. The van der Waals surface area contributed by atoms with Gasteiger partial charge < -0.3 is 15.2 Å². The van der Waals surface area contributed by atoms with Gasteiger partial charge in [-0.1, -0.05) is 36.4 Å². The Kier molecular flexibility index (Phi) is 5.71. The molecule has 0 bridgehead atoms. The number of hydrogen-bond donors (Lipinski definition) is 2. The number of nitrogens with zero attached hydrogens (tertiary/aromatic N) is 3. The minimum absolute atomic E-state index is 0.760. The number of H-pyrrole nitrogens is 1. The summed E-state index contributed by atoms with van der Waals surface area (Å²) >= 11 is 0. The van der Waals surface area contributed by atoms with Crippen LogP contribution in [0.5, 0.6) is 0 Å². The lowest BCUT2D eigenvalue weighted by Crippen LogP contribution is -2.43. The molecule has 144 valence electrons. The van der Waals surface area contributed by atoms with Crippen LogP contribution in [0.1, 0.15) is 24.5 Å². The molecule has 0 saturated carbocycles. The van der Waals surface area contributed by atoms with E-state index < -0.39 is 0 Å². The molecule has 2 N–H and O–H groups in total. The molecule has 0 atom stereocenters. The van der Waals surface area contributed by atoms with Crippen molar-refractivity contribution in [1.82, 2.24) is 20.2 Å². The van der Waals surface area contributed by atoms with Gasteiger partial charge in [0, 0.05) is 44.0 Å². The molecular weight excluding hydrogens is 346 g/mol. The molecule has 0 fully saturated rings. The van der Waals surface area contributed by atoms with Crippen molar-refractivity contribution in [3.8, 4) is 0 Å². The van der Waals surface area contributed by atoms with E-state index in [-0.39, 0.29) is 0 Å². The highest BCUT2D eigenvalue weighted by atomic mass is 15.3. The molecule has 0 unspecified atom stereocenters. The Morgan fingerprint density at radius 3 is 2.89 bits per heavy atom. The van der Waals surface area contributed by atoms with Crippen LogP contribution in [0, 0.1) is 0 Å². The van der Waals surface area contributed by atoms with Gasteiger partial charge in [0.2, 0.25) is 0 Å². The summed E-state index contributed by atoms with van der Waals surface area (Å²) in [7, 11) is 0. The maximum atomic E-state index is 4.88. The van der Waals surface area contributed by atoms with Gasteiger partial charge in [-0.25, -0.2) is 4.98 Å². The SMILES string of the molecule is CCNC(=NCCc1c[nH]c2ncccc12)N1CC=C(c2ccccc2)CC1. The summed E-state index contributed by atoms with van der Waals surface area (Å²) in [5, 5.41) is 4.64. The van der Waals surface area contributed by atoms with E-state index in [2.05, 4.69) is 75.8 Å². The summed E-state index contributed by atoms with van der Waals surface area (Å²) in [5.74, 6) is 1.00. The van der Waals surface area contributed by atoms with E-state index in [9.17, 15) is 0 Å². The van der Waals surface area contributed by atoms with Crippen molar-refractivity contribution in [2.24, 2.45) is 4.99 Å². The van der Waals surface area contributed by atoms with Gasteiger partial charge in [0.15, 0.2) is 5.96 Å². The zero-order valence-electron chi connectivity index (χ0n) is 16.4. The molecule has 3 aromatic rings. The molecular formula is C23H27N5. The van der Waals surface area contributed by atoms with Gasteiger partial charge >= 0.3 is 0 Å². The van der Waals surface area contributed by atoms with Crippen molar-refractivity contribution in [2.45, 2.75) is 19.8 Å². The Bertz CT molecular complexity index is 971. The van der Waals surface area contributed by atoms with Crippen molar-refractivity contribution >= 4 is 22.6 Å². The second kappa shape index (κ2) is 8.74. The molecule has 0 saturated heterocycles. The highest BCUT2D eigenvalue weighted by Gasteiger charge is 2.16. The van der Waals surface area contributed by atoms with Crippen molar-refractivity contribution in [3.05, 3.63) is 72.1 Å². The molecule has 3 heterocycles. The highest BCUT2D eigenvalue weighted by Crippen LogP contribution is 2.22. The first-order valence-corrected chi connectivity index (χ1v) is 10.0. The Morgan fingerprint density at radius 1 is 1.21 bits per heavy atom. The number of aromatic amines is 1. The van der Waals surface area contributed by atoms with Crippen LogP contribution in [0.3, 0.4) is 0 Å². The van der Waals surface area contributed by atoms with Gasteiger partial charge in [0.25, 0.3) is 0 Å². The molecule has 5 nitrogen and oxygen atoms in total. The summed E-state index contributed by atoms with van der Waals surface area (Å²) in [4.78, 5) is 14.8. The summed E-state index contributed by atoms with van der Waals surface area (Å²) in [6.45, 7) is 5.64. The number of rotatable bonds is 5. The summed E-state index contributed by atoms with van der Waals surface area (Å²) in [6.07, 6.45) is 8.15. The normalized spacial score (nSPS) is 15.0.